The van der Waals surface area contributed by atoms with Gasteiger partial charge in [-0.05, 0) is 18.8 Å². The Bertz CT molecular complexity index is 525. The molecule has 0 spiro atoms. The van der Waals surface area contributed by atoms with Gasteiger partial charge in [0, 0.05) is 6.54 Å². The summed E-state index contributed by atoms with van der Waals surface area (Å²) < 4.78 is 0. The van der Waals surface area contributed by atoms with Gasteiger partial charge in [-0.1, -0.05) is 19.8 Å². The molecule has 0 amide bonds. The van der Waals surface area contributed by atoms with Gasteiger partial charge in [-0.25, -0.2) is 10.8 Å². The molecule has 0 saturated heterocycles. The van der Waals surface area contributed by atoms with Crippen molar-refractivity contribution in [2.75, 3.05) is 17.3 Å². The first-order valence-corrected chi connectivity index (χ1v) is 7.01. The average Bonchev–Trinajstić information content (AvgIpc) is 2.44. The van der Waals surface area contributed by atoms with E-state index >= 15 is 0 Å². The first-order valence-electron chi connectivity index (χ1n) is 7.01. The molecule has 5 N–H and O–H groups in total. The van der Waals surface area contributed by atoms with E-state index in [4.69, 9.17) is 5.84 Å². The van der Waals surface area contributed by atoms with Crippen molar-refractivity contribution in [3.8, 4) is 0 Å². The van der Waals surface area contributed by atoms with Crippen molar-refractivity contribution in [3.05, 3.63) is 22.2 Å². The maximum absolute atomic E-state index is 10.9. The SMILES string of the molecule is CC1CCCC(O)(CNc2cc([N+](=O)[O-])cc(NN)n2)C1. The highest BCUT2D eigenvalue weighted by Gasteiger charge is 2.32. The van der Waals surface area contributed by atoms with Crippen LogP contribution in [0.1, 0.15) is 32.6 Å². The highest BCUT2D eigenvalue weighted by molar-refractivity contribution is 5.54. The van der Waals surface area contributed by atoms with Crippen molar-refractivity contribution in [2.24, 2.45) is 11.8 Å². The average molecular weight is 295 g/mol. The van der Waals surface area contributed by atoms with E-state index in [1.54, 1.807) is 0 Å². The minimum atomic E-state index is -0.791. The van der Waals surface area contributed by atoms with Gasteiger partial charge in [0.2, 0.25) is 0 Å². The lowest BCUT2D eigenvalue weighted by Gasteiger charge is -2.35. The van der Waals surface area contributed by atoms with Crippen molar-refractivity contribution in [1.29, 1.82) is 0 Å². The summed E-state index contributed by atoms with van der Waals surface area (Å²) in [4.78, 5) is 14.5. The number of hydrogen-bond donors (Lipinski definition) is 4. The Kier molecular flexibility index (Phi) is 4.59. The summed E-state index contributed by atoms with van der Waals surface area (Å²) >= 11 is 0. The smallest absolute Gasteiger partial charge is 0.276 e. The van der Waals surface area contributed by atoms with Crippen LogP contribution in [0, 0.1) is 16.0 Å². The number of hydrogen-bond acceptors (Lipinski definition) is 7. The van der Waals surface area contributed by atoms with Crippen LogP contribution < -0.4 is 16.6 Å². The van der Waals surface area contributed by atoms with Crippen molar-refractivity contribution < 1.29 is 10.0 Å². The van der Waals surface area contributed by atoms with Crippen molar-refractivity contribution in [2.45, 2.75) is 38.2 Å². The van der Waals surface area contributed by atoms with Crippen LogP contribution in [0.3, 0.4) is 0 Å². The van der Waals surface area contributed by atoms with Crippen molar-refractivity contribution in [1.82, 2.24) is 4.98 Å². The summed E-state index contributed by atoms with van der Waals surface area (Å²) in [7, 11) is 0. The molecule has 21 heavy (non-hydrogen) atoms. The standard InChI is InChI=1S/C13H21N5O3/c1-9-3-2-4-13(19,7-9)8-15-11-5-10(18(20)21)6-12(16-11)17-14/h5-6,9,19H,2-4,7-8,14H2,1H3,(H2,15,16,17). The molecule has 1 aliphatic rings. The number of nitrogens with one attached hydrogen (secondary N) is 2. The Balaban J connectivity index is 2.08. The number of nitrogens with two attached hydrogens (primary N) is 1. The van der Waals surface area contributed by atoms with Crippen molar-refractivity contribution >= 4 is 17.3 Å². The largest absolute Gasteiger partial charge is 0.388 e. The highest BCUT2D eigenvalue weighted by Crippen LogP contribution is 2.32. The third kappa shape index (κ3) is 4.02. The highest BCUT2D eigenvalue weighted by atomic mass is 16.6. The second kappa shape index (κ2) is 6.23. The van der Waals surface area contributed by atoms with Crippen LogP contribution in [0.2, 0.25) is 0 Å². The quantitative estimate of drug-likeness (QED) is 0.369. The number of hydrazine groups is 1. The number of nitrogen functional groups attached to an aromatic ring is 1. The lowest BCUT2D eigenvalue weighted by Crippen LogP contribution is -2.41. The number of aliphatic hydroxyl groups is 1. The minimum Gasteiger partial charge on any atom is -0.388 e. The van der Waals surface area contributed by atoms with Gasteiger partial charge in [0.1, 0.15) is 11.6 Å². The number of aromatic nitrogens is 1. The molecule has 1 heterocycles. The molecule has 1 fully saturated rings. The predicted octanol–water partition coefficient (Wildman–Crippen LogP) is 1.63. The van der Waals surface area contributed by atoms with Gasteiger partial charge < -0.3 is 15.8 Å². The molecule has 0 aliphatic heterocycles. The van der Waals surface area contributed by atoms with E-state index in [1.165, 1.54) is 12.1 Å². The molecule has 8 nitrogen and oxygen atoms in total. The first kappa shape index (κ1) is 15.5. The number of nitrogens with zero attached hydrogens (tertiary/aromatic N) is 2. The molecule has 1 saturated carbocycles. The molecule has 1 aromatic heterocycles. The predicted molar refractivity (Wildman–Crippen MR) is 79.8 cm³/mol. The Morgan fingerprint density at radius 3 is 2.90 bits per heavy atom. The van der Waals surface area contributed by atoms with E-state index in [9.17, 15) is 15.2 Å². The van der Waals surface area contributed by atoms with Crippen LogP contribution in [-0.2, 0) is 0 Å². The van der Waals surface area contributed by atoms with Crippen LogP contribution in [0.25, 0.3) is 0 Å². The number of nitro groups is 1. The number of rotatable bonds is 5. The molecule has 1 aromatic rings. The molecule has 0 radical (unpaired) electrons. The normalized spacial score (nSPS) is 25.4. The van der Waals surface area contributed by atoms with Gasteiger partial charge in [0.15, 0.2) is 0 Å². The van der Waals surface area contributed by atoms with Gasteiger partial charge in [0.05, 0.1) is 22.7 Å². The van der Waals surface area contributed by atoms with Crippen LogP contribution in [0.15, 0.2) is 12.1 Å². The Morgan fingerprint density at radius 1 is 1.57 bits per heavy atom. The molecular weight excluding hydrogens is 274 g/mol. The molecule has 8 heteroatoms. The maximum Gasteiger partial charge on any atom is 0.276 e. The van der Waals surface area contributed by atoms with Gasteiger partial charge in [-0.3, -0.25) is 10.1 Å². The monoisotopic (exact) mass is 295 g/mol. The number of pyridine rings is 1. The third-order valence-corrected chi connectivity index (χ3v) is 3.83. The summed E-state index contributed by atoms with van der Waals surface area (Å²) in [6.45, 7) is 2.43. The zero-order valence-corrected chi connectivity index (χ0v) is 12.0. The van der Waals surface area contributed by atoms with Crippen LogP contribution in [0.5, 0.6) is 0 Å². The summed E-state index contributed by atoms with van der Waals surface area (Å²) in [6.07, 6.45) is 3.55. The molecule has 116 valence electrons. The van der Waals surface area contributed by atoms with Crippen LogP contribution in [0.4, 0.5) is 17.3 Å². The molecular formula is C13H21N5O3. The molecule has 0 bridgehead atoms. The number of anilines is 2. The van der Waals surface area contributed by atoms with E-state index in [0.717, 1.165) is 25.7 Å². The summed E-state index contributed by atoms with van der Waals surface area (Å²) in [6, 6.07) is 2.58. The summed E-state index contributed by atoms with van der Waals surface area (Å²) in [5.41, 5.74) is 1.40. The fraction of sp³-hybridized carbons (Fsp3) is 0.615. The fourth-order valence-electron chi connectivity index (χ4n) is 2.83. The minimum absolute atomic E-state index is 0.107. The van der Waals surface area contributed by atoms with E-state index in [1.807, 2.05) is 0 Å². The van der Waals surface area contributed by atoms with E-state index in [-0.39, 0.29) is 11.5 Å². The molecule has 1 aliphatic carbocycles. The zero-order chi connectivity index (χ0) is 15.5. The Morgan fingerprint density at radius 2 is 2.29 bits per heavy atom. The summed E-state index contributed by atoms with van der Waals surface area (Å²) in [5.74, 6) is 6.26. The fourth-order valence-corrected chi connectivity index (χ4v) is 2.83. The van der Waals surface area contributed by atoms with E-state index in [2.05, 4.69) is 22.7 Å². The Hall–Kier alpha value is -1.93. The van der Waals surface area contributed by atoms with E-state index < -0.39 is 10.5 Å². The van der Waals surface area contributed by atoms with E-state index in [0.29, 0.717) is 18.3 Å². The maximum atomic E-state index is 10.9. The van der Waals surface area contributed by atoms with Gasteiger partial charge in [0.25, 0.3) is 5.69 Å². The lowest BCUT2D eigenvalue weighted by atomic mass is 9.79. The second-order valence-corrected chi connectivity index (χ2v) is 5.78. The topological polar surface area (TPSA) is 126 Å². The first-order chi connectivity index (χ1) is 9.92. The van der Waals surface area contributed by atoms with Gasteiger partial charge in [-0.15, -0.1) is 0 Å². The van der Waals surface area contributed by atoms with Gasteiger partial charge >= 0.3 is 0 Å². The molecule has 2 unspecified atom stereocenters. The third-order valence-electron chi connectivity index (χ3n) is 3.83. The zero-order valence-electron chi connectivity index (χ0n) is 12.0. The van der Waals surface area contributed by atoms with Crippen molar-refractivity contribution in [3.63, 3.8) is 0 Å². The van der Waals surface area contributed by atoms with Crippen LogP contribution >= 0.6 is 0 Å². The lowest BCUT2D eigenvalue weighted by molar-refractivity contribution is -0.384. The molecule has 2 rings (SSSR count). The molecule has 0 aromatic carbocycles. The molecule has 2 atom stereocenters. The Labute approximate surface area is 122 Å². The van der Waals surface area contributed by atoms with Crippen LogP contribution in [-0.4, -0.2) is 27.2 Å². The summed E-state index contributed by atoms with van der Waals surface area (Å²) in [5, 5.41) is 24.4. The van der Waals surface area contributed by atoms with Gasteiger partial charge in [-0.2, -0.15) is 0 Å². The second-order valence-electron chi connectivity index (χ2n) is 5.78.